The van der Waals surface area contributed by atoms with E-state index < -0.39 is 0 Å². The molecule has 80 valence electrons. The van der Waals surface area contributed by atoms with Crippen LogP contribution in [0.25, 0.3) is 11.3 Å². The van der Waals surface area contributed by atoms with Gasteiger partial charge in [0.05, 0.1) is 5.56 Å². The number of aromatic amines is 1. The third-order valence-electron chi connectivity index (χ3n) is 2.85. The van der Waals surface area contributed by atoms with E-state index in [1.54, 1.807) is 0 Å². The lowest BCUT2D eigenvalue weighted by atomic mass is 10.1. The molecule has 0 saturated carbocycles. The van der Waals surface area contributed by atoms with E-state index in [2.05, 4.69) is 26.1 Å². The second kappa shape index (κ2) is 3.56. The normalized spacial score (nSPS) is 14.2. The van der Waals surface area contributed by atoms with Crippen molar-refractivity contribution < 1.29 is 4.79 Å². The number of Topliss-reactive ketones (excluding diaryl/α,β-unsaturated/α-hetero) is 1. The molecule has 0 fully saturated rings. The molecule has 0 spiro atoms. The Bertz CT molecular complexity index is 574. The van der Waals surface area contributed by atoms with E-state index in [0.29, 0.717) is 6.42 Å². The molecule has 0 bridgehead atoms. The smallest absolute Gasteiger partial charge is 0.167 e. The topological polar surface area (TPSA) is 45.8 Å². The van der Waals surface area contributed by atoms with Crippen molar-refractivity contribution >= 4 is 21.7 Å². The van der Waals surface area contributed by atoms with E-state index in [9.17, 15) is 4.79 Å². The monoisotopic (exact) mass is 276 g/mol. The highest BCUT2D eigenvalue weighted by Crippen LogP contribution is 2.33. The number of nitrogens with one attached hydrogen (secondary N) is 1. The molecule has 3 rings (SSSR count). The van der Waals surface area contributed by atoms with Crippen LogP contribution in [0.15, 0.2) is 28.7 Å². The van der Waals surface area contributed by atoms with Gasteiger partial charge in [0.2, 0.25) is 0 Å². The van der Waals surface area contributed by atoms with E-state index in [1.165, 1.54) is 0 Å². The maximum atomic E-state index is 11.8. The standard InChI is InChI=1S/C12H9BrN2O/c13-8-4-2-1-3-7(8)12-11-9(14-15-12)5-6-10(11)16/h1-4H,5-6H2,(H,14,15). The van der Waals surface area contributed by atoms with Crippen molar-refractivity contribution in [1.29, 1.82) is 0 Å². The minimum absolute atomic E-state index is 0.189. The summed E-state index contributed by atoms with van der Waals surface area (Å²) < 4.78 is 0.962. The molecule has 2 aromatic rings. The number of benzene rings is 1. The summed E-state index contributed by atoms with van der Waals surface area (Å²) in [6.07, 6.45) is 1.38. The zero-order valence-corrected chi connectivity index (χ0v) is 10.0. The Morgan fingerprint density at radius 2 is 2.06 bits per heavy atom. The number of hydrogen-bond acceptors (Lipinski definition) is 2. The summed E-state index contributed by atoms with van der Waals surface area (Å²) in [5.41, 5.74) is 3.47. The quantitative estimate of drug-likeness (QED) is 0.871. The van der Waals surface area contributed by atoms with Gasteiger partial charge < -0.3 is 0 Å². The summed E-state index contributed by atoms with van der Waals surface area (Å²) in [4.78, 5) is 11.8. The van der Waals surface area contributed by atoms with Crippen molar-refractivity contribution in [2.45, 2.75) is 12.8 Å². The summed E-state index contributed by atoms with van der Waals surface area (Å²) in [5, 5.41) is 7.19. The van der Waals surface area contributed by atoms with Crippen LogP contribution in [0.4, 0.5) is 0 Å². The van der Waals surface area contributed by atoms with Crippen molar-refractivity contribution in [2.75, 3.05) is 0 Å². The van der Waals surface area contributed by atoms with Crippen molar-refractivity contribution in [1.82, 2.24) is 10.2 Å². The van der Waals surface area contributed by atoms with Gasteiger partial charge in [-0.2, -0.15) is 5.10 Å². The number of carbonyl (C=O) groups is 1. The first-order valence-corrected chi connectivity index (χ1v) is 5.92. The molecule has 0 atom stereocenters. The minimum atomic E-state index is 0.189. The van der Waals surface area contributed by atoms with Gasteiger partial charge in [-0.25, -0.2) is 0 Å². The second-order valence-electron chi connectivity index (χ2n) is 3.83. The van der Waals surface area contributed by atoms with Crippen molar-refractivity contribution in [3.8, 4) is 11.3 Å². The zero-order valence-electron chi connectivity index (χ0n) is 8.46. The van der Waals surface area contributed by atoms with E-state index in [4.69, 9.17) is 0 Å². The Morgan fingerprint density at radius 3 is 2.88 bits per heavy atom. The number of aromatic nitrogens is 2. The molecular formula is C12H9BrN2O. The van der Waals surface area contributed by atoms with Crippen LogP contribution < -0.4 is 0 Å². The fourth-order valence-electron chi connectivity index (χ4n) is 2.07. The summed E-state index contributed by atoms with van der Waals surface area (Å²) in [7, 11) is 0. The van der Waals surface area contributed by atoms with Gasteiger partial charge in [-0.15, -0.1) is 0 Å². The summed E-state index contributed by atoms with van der Waals surface area (Å²) in [6, 6.07) is 7.81. The molecule has 3 nitrogen and oxygen atoms in total. The molecule has 1 aromatic heterocycles. The molecule has 1 heterocycles. The van der Waals surface area contributed by atoms with Gasteiger partial charge >= 0.3 is 0 Å². The predicted molar refractivity (Wildman–Crippen MR) is 64.4 cm³/mol. The number of fused-ring (bicyclic) bond motifs is 1. The van der Waals surface area contributed by atoms with Crippen molar-refractivity contribution in [2.24, 2.45) is 0 Å². The number of nitrogens with zero attached hydrogens (tertiary/aromatic N) is 1. The third kappa shape index (κ3) is 1.33. The largest absolute Gasteiger partial charge is 0.294 e. The van der Waals surface area contributed by atoms with Crippen molar-refractivity contribution in [3.63, 3.8) is 0 Å². The first-order valence-electron chi connectivity index (χ1n) is 5.12. The lowest BCUT2D eigenvalue weighted by Crippen LogP contribution is -1.94. The fourth-order valence-corrected chi connectivity index (χ4v) is 2.54. The number of carbonyl (C=O) groups excluding carboxylic acids is 1. The Labute approximate surface area is 101 Å². The molecule has 0 aliphatic heterocycles. The van der Waals surface area contributed by atoms with Gasteiger partial charge in [0.15, 0.2) is 5.78 Å². The van der Waals surface area contributed by atoms with Gasteiger partial charge in [-0.05, 0) is 12.5 Å². The first kappa shape index (κ1) is 9.78. The molecule has 0 saturated heterocycles. The van der Waals surface area contributed by atoms with E-state index >= 15 is 0 Å². The highest BCUT2D eigenvalue weighted by molar-refractivity contribution is 9.10. The SMILES string of the molecule is O=C1CCc2[nH]nc(-c3ccccc3Br)c21. The highest BCUT2D eigenvalue weighted by Gasteiger charge is 2.27. The predicted octanol–water partition coefficient (Wildman–Crippen LogP) is 2.97. The molecule has 4 heteroatoms. The Morgan fingerprint density at radius 1 is 1.25 bits per heavy atom. The Kier molecular flexibility index (Phi) is 2.17. The fraction of sp³-hybridized carbons (Fsp3) is 0.167. The summed E-state index contributed by atoms with van der Waals surface area (Å²) in [6.45, 7) is 0. The van der Waals surface area contributed by atoms with Crippen LogP contribution in [0.3, 0.4) is 0 Å². The van der Waals surface area contributed by atoms with Crippen LogP contribution in [0.2, 0.25) is 0 Å². The third-order valence-corrected chi connectivity index (χ3v) is 3.54. The van der Waals surface area contributed by atoms with Crippen LogP contribution in [0.1, 0.15) is 22.5 Å². The van der Waals surface area contributed by atoms with Gasteiger partial charge in [0.1, 0.15) is 5.69 Å². The number of hydrogen-bond donors (Lipinski definition) is 1. The van der Waals surface area contributed by atoms with E-state index in [-0.39, 0.29) is 5.78 Å². The minimum Gasteiger partial charge on any atom is -0.294 e. The number of halogens is 1. The summed E-state index contributed by atoms with van der Waals surface area (Å²) in [5.74, 6) is 0.189. The highest BCUT2D eigenvalue weighted by atomic mass is 79.9. The maximum absolute atomic E-state index is 11.8. The molecular weight excluding hydrogens is 268 g/mol. The van der Waals surface area contributed by atoms with Crippen molar-refractivity contribution in [3.05, 3.63) is 40.0 Å². The second-order valence-corrected chi connectivity index (χ2v) is 4.68. The lowest BCUT2D eigenvalue weighted by Gasteiger charge is -2.01. The maximum Gasteiger partial charge on any atom is 0.167 e. The summed E-state index contributed by atoms with van der Waals surface area (Å²) >= 11 is 3.48. The number of H-pyrrole nitrogens is 1. The average molecular weight is 277 g/mol. The molecule has 0 radical (unpaired) electrons. The molecule has 1 aromatic carbocycles. The Balaban J connectivity index is 2.22. The van der Waals surface area contributed by atoms with Crippen LogP contribution >= 0.6 is 15.9 Å². The number of aryl methyl sites for hydroxylation is 1. The van der Waals surface area contributed by atoms with Crippen LogP contribution in [0, 0.1) is 0 Å². The molecule has 1 aliphatic carbocycles. The van der Waals surface area contributed by atoms with Crippen LogP contribution in [-0.2, 0) is 6.42 Å². The average Bonchev–Trinajstić information content (AvgIpc) is 2.83. The molecule has 0 unspecified atom stereocenters. The first-order chi connectivity index (χ1) is 7.77. The van der Waals surface area contributed by atoms with Gasteiger partial charge in [0.25, 0.3) is 0 Å². The lowest BCUT2D eigenvalue weighted by molar-refractivity contribution is 0.0995. The molecule has 16 heavy (non-hydrogen) atoms. The van der Waals surface area contributed by atoms with E-state index in [1.807, 2.05) is 24.3 Å². The van der Waals surface area contributed by atoms with Gasteiger partial charge in [-0.3, -0.25) is 9.89 Å². The molecule has 0 amide bonds. The Hall–Kier alpha value is -1.42. The molecule has 1 N–H and O–H groups in total. The number of ketones is 1. The van der Waals surface area contributed by atoms with E-state index in [0.717, 1.165) is 33.4 Å². The zero-order chi connectivity index (χ0) is 11.1. The van der Waals surface area contributed by atoms with Crippen LogP contribution in [0.5, 0.6) is 0 Å². The van der Waals surface area contributed by atoms with Gasteiger partial charge in [-0.1, -0.05) is 34.1 Å². The number of rotatable bonds is 1. The molecule has 1 aliphatic rings. The van der Waals surface area contributed by atoms with Crippen LogP contribution in [-0.4, -0.2) is 16.0 Å². The van der Waals surface area contributed by atoms with Gasteiger partial charge in [0, 0.05) is 22.2 Å².